The molecule has 1 saturated heterocycles. The van der Waals surface area contributed by atoms with Crippen LogP contribution >= 0.6 is 0 Å². The van der Waals surface area contributed by atoms with E-state index in [9.17, 15) is 22.8 Å². The second-order valence-electron chi connectivity index (χ2n) is 8.93. The van der Waals surface area contributed by atoms with Crippen molar-refractivity contribution in [2.45, 2.75) is 12.6 Å². The highest BCUT2D eigenvalue weighted by atomic mass is 19.1. The molecule has 1 unspecified atom stereocenters. The zero-order valence-corrected chi connectivity index (χ0v) is 19.7. The summed E-state index contributed by atoms with van der Waals surface area (Å²) in [6.45, 7) is -0.0485. The maximum Gasteiger partial charge on any atom is 0.323 e. The summed E-state index contributed by atoms with van der Waals surface area (Å²) in [5, 5.41) is 4.64. The van der Waals surface area contributed by atoms with Crippen molar-refractivity contribution in [3.8, 4) is 16.9 Å². The predicted octanol–water partition coefficient (Wildman–Crippen LogP) is 4.23. The first-order valence-electron chi connectivity index (χ1n) is 11.8. The van der Waals surface area contributed by atoms with Gasteiger partial charge in [0.05, 0.1) is 16.7 Å². The molecule has 2 aromatic heterocycles. The van der Waals surface area contributed by atoms with Crippen molar-refractivity contribution in [3.63, 3.8) is 0 Å². The Balaban J connectivity index is 1.35. The molecule has 3 heterocycles. The van der Waals surface area contributed by atoms with E-state index in [1.807, 2.05) is 0 Å². The number of amides is 1. The molecule has 1 aliphatic rings. The number of aromatic amines is 2. The third-order valence-corrected chi connectivity index (χ3v) is 6.49. The fraction of sp³-hybridized carbons (Fsp3) is 0.148. The molecule has 1 amide bonds. The van der Waals surface area contributed by atoms with Crippen molar-refractivity contribution in [1.29, 1.82) is 0 Å². The van der Waals surface area contributed by atoms with E-state index in [2.05, 4.69) is 15.1 Å². The number of ether oxygens (including phenoxy) is 1. The van der Waals surface area contributed by atoms with Crippen molar-refractivity contribution < 1.29 is 22.7 Å². The van der Waals surface area contributed by atoms with Crippen LogP contribution in [-0.4, -0.2) is 43.7 Å². The average Bonchev–Trinajstić information content (AvgIpc) is 3.59. The van der Waals surface area contributed by atoms with Gasteiger partial charge in [-0.25, -0.2) is 22.6 Å². The summed E-state index contributed by atoms with van der Waals surface area (Å²) in [5.41, 5.74) is 2.87. The number of nitrogens with zero attached hydrogens (tertiary/aromatic N) is 3. The number of hydrogen-bond acceptors (Lipinski definition) is 4. The lowest BCUT2D eigenvalue weighted by molar-refractivity contribution is -0.128. The molecule has 1 aliphatic heterocycles. The minimum atomic E-state index is -0.837. The van der Waals surface area contributed by atoms with E-state index in [0.29, 0.717) is 39.1 Å². The number of aromatic nitrogens is 4. The minimum absolute atomic E-state index is 0.130. The number of carbonyl (C=O) groups is 1. The van der Waals surface area contributed by atoms with Crippen LogP contribution in [0.5, 0.6) is 0 Å². The Hall–Kier alpha value is -4.64. The molecule has 3 aromatic carbocycles. The van der Waals surface area contributed by atoms with Gasteiger partial charge in [0.2, 0.25) is 0 Å². The molecule has 38 heavy (non-hydrogen) atoms. The summed E-state index contributed by atoms with van der Waals surface area (Å²) in [6, 6.07) is 14.2. The molecule has 192 valence electrons. The largest absolute Gasteiger partial charge is 0.344 e. The molecular formula is C27H20F3N5O3. The zero-order chi connectivity index (χ0) is 26.4. The van der Waals surface area contributed by atoms with Gasteiger partial charge in [-0.3, -0.25) is 4.79 Å². The maximum atomic E-state index is 14.7. The Labute approximate surface area is 213 Å². The number of hydrogen-bond donors (Lipinski definition) is 2. The Kier molecular flexibility index (Phi) is 5.84. The van der Waals surface area contributed by atoms with Gasteiger partial charge in [-0.15, -0.1) is 0 Å². The van der Waals surface area contributed by atoms with Gasteiger partial charge < -0.3 is 19.6 Å². The summed E-state index contributed by atoms with van der Waals surface area (Å²) < 4.78 is 49.2. The quantitative estimate of drug-likeness (QED) is 0.351. The van der Waals surface area contributed by atoms with Gasteiger partial charge in [-0.05, 0) is 72.6 Å². The number of benzene rings is 3. The first kappa shape index (κ1) is 23.7. The second kappa shape index (κ2) is 9.34. The fourth-order valence-corrected chi connectivity index (χ4v) is 4.61. The van der Waals surface area contributed by atoms with E-state index in [1.165, 1.54) is 46.0 Å². The number of halogens is 3. The Bertz CT molecular complexity index is 1710. The summed E-state index contributed by atoms with van der Waals surface area (Å²) >= 11 is 0. The predicted molar refractivity (Wildman–Crippen MR) is 132 cm³/mol. The van der Waals surface area contributed by atoms with Crippen LogP contribution in [0.3, 0.4) is 0 Å². The van der Waals surface area contributed by atoms with Crippen LogP contribution in [0.1, 0.15) is 17.4 Å². The highest BCUT2D eigenvalue weighted by molar-refractivity contribution is 5.80. The molecule has 0 spiro atoms. The summed E-state index contributed by atoms with van der Waals surface area (Å²) in [7, 11) is 0. The van der Waals surface area contributed by atoms with E-state index < -0.39 is 29.4 Å². The lowest BCUT2D eigenvalue weighted by Gasteiger charge is -2.23. The van der Waals surface area contributed by atoms with Crippen LogP contribution < -0.4 is 5.69 Å². The standard InChI is InChI=1S/C27H20F3N5O3/c28-17-3-1-15(2-4-17)25-20(13-35(33-25)19-7-5-18(29)6-8-19)26-34(24(36)14-38-26)10-9-16-11-22-23(12-21(16)30)32-27(37)31-22/h1-8,11-13,26H,9-10,14H2,(H2,31,32,37). The van der Waals surface area contributed by atoms with Crippen LogP contribution in [0.25, 0.3) is 28.0 Å². The normalized spacial score (nSPS) is 15.6. The van der Waals surface area contributed by atoms with Crippen molar-refractivity contribution in [3.05, 3.63) is 106 Å². The Morgan fingerprint density at radius 2 is 1.58 bits per heavy atom. The zero-order valence-electron chi connectivity index (χ0n) is 19.7. The molecule has 2 N–H and O–H groups in total. The number of imidazole rings is 1. The molecule has 8 nitrogen and oxygen atoms in total. The third-order valence-electron chi connectivity index (χ3n) is 6.49. The molecule has 5 aromatic rings. The Morgan fingerprint density at radius 3 is 2.29 bits per heavy atom. The lowest BCUT2D eigenvalue weighted by atomic mass is 10.1. The monoisotopic (exact) mass is 519 g/mol. The number of rotatable bonds is 6. The molecule has 11 heteroatoms. The topological polar surface area (TPSA) is 96.0 Å². The highest BCUT2D eigenvalue weighted by Gasteiger charge is 2.36. The van der Waals surface area contributed by atoms with E-state index in [0.717, 1.165) is 0 Å². The van der Waals surface area contributed by atoms with Crippen molar-refractivity contribution >= 4 is 16.9 Å². The van der Waals surface area contributed by atoms with Gasteiger partial charge in [0.25, 0.3) is 5.91 Å². The molecule has 0 saturated carbocycles. The number of carbonyl (C=O) groups excluding carboxylic acids is 1. The fourth-order valence-electron chi connectivity index (χ4n) is 4.61. The SMILES string of the molecule is O=C1COC(c2cn(-c3ccc(F)cc3)nc2-c2ccc(F)cc2)N1CCc1cc2[nH]c(=O)[nH]c2cc1F. The van der Waals surface area contributed by atoms with Crippen LogP contribution in [0.2, 0.25) is 0 Å². The smallest absolute Gasteiger partial charge is 0.323 e. The molecular weight excluding hydrogens is 499 g/mol. The third kappa shape index (κ3) is 4.37. The first-order chi connectivity index (χ1) is 18.4. The van der Waals surface area contributed by atoms with Crippen molar-refractivity contribution in [1.82, 2.24) is 24.6 Å². The summed E-state index contributed by atoms with van der Waals surface area (Å²) in [6.07, 6.45) is 1.01. The van der Waals surface area contributed by atoms with Gasteiger partial charge in [0.1, 0.15) is 29.8 Å². The lowest BCUT2D eigenvalue weighted by Crippen LogP contribution is -2.31. The molecule has 0 radical (unpaired) electrons. The molecule has 1 atom stereocenters. The Morgan fingerprint density at radius 1 is 0.921 bits per heavy atom. The maximum absolute atomic E-state index is 14.7. The average molecular weight is 519 g/mol. The summed E-state index contributed by atoms with van der Waals surface area (Å²) in [4.78, 5) is 31.0. The molecule has 0 aliphatic carbocycles. The van der Waals surface area contributed by atoms with Gasteiger partial charge in [0, 0.05) is 23.9 Å². The van der Waals surface area contributed by atoms with Crippen LogP contribution in [0, 0.1) is 17.5 Å². The van der Waals surface area contributed by atoms with Gasteiger partial charge in [-0.1, -0.05) is 0 Å². The van der Waals surface area contributed by atoms with Crippen molar-refractivity contribution in [2.75, 3.05) is 13.2 Å². The van der Waals surface area contributed by atoms with E-state index in [4.69, 9.17) is 4.74 Å². The number of H-pyrrole nitrogens is 2. The molecule has 1 fully saturated rings. The minimum Gasteiger partial charge on any atom is -0.344 e. The second-order valence-corrected chi connectivity index (χ2v) is 8.93. The van der Waals surface area contributed by atoms with Crippen molar-refractivity contribution in [2.24, 2.45) is 0 Å². The van der Waals surface area contributed by atoms with Gasteiger partial charge in [-0.2, -0.15) is 5.10 Å². The number of fused-ring (bicyclic) bond motifs is 1. The number of nitrogens with one attached hydrogen (secondary N) is 2. The van der Waals surface area contributed by atoms with E-state index in [-0.39, 0.29) is 25.5 Å². The van der Waals surface area contributed by atoms with Crippen LogP contribution in [-0.2, 0) is 16.0 Å². The molecule has 6 rings (SSSR count). The van der Waals surface area contributed by atoms with Gasteiger partial charge >= 0.3 is 5.69 Å². The van der Waals surface area contributed by atoms with Crippen LogP contribution in [0.15, 0.2) is 71.7 Å². The summed E-state index contributed by atoms with van der Waals surface area (Å²) in [5.74, 6) is -1.60. The first-order valence-corrected chi connectivity index (χ1v) is 11.8. The van der Waals surface area contributed by atoms with E-state index >= 15 is 0 Å². The van der Waals surface area contributed by atoms with E-state index in [1.54, 1.807) is 30.5 Å². The van der Waals surface area contributed by atoms with Crippen LogP contribution in [0.4, 0.5) is 13.2 Å². The highest BCUT2D eigenvalue weighted by Crippen LogP contribution is 2.35. The molecule has 0 bridgehead atoms. The van der Waals surface area contributed by atoms with Gasteiger partial charge in [0.15, 0.2) is 6.23 Å².